The highest BCUT2D eigenvalue weighted by Crippen LogP contribution is 2.07. The first kappa shape index (κ1) is 12.1. The van der Waals surface area contributed by atoms with Crippen LogP contribution in [0.5, 0.6) is 0 Å². The van der Waals surface area contributed by atoms with Crippen molar-refractivity contribution in [2.24, 2.45) is 0 Å². The fraction of sp³-hybridized carbons (Fsp3) is 0.667. The van der Waals surface area contributed by atoms with Crippen LogP contribution in [-0.2, 0) is 24.3 Å². The van der Waals surface area contributed by atoms with Gasteiger partial charge in [-0.2, -0.15) is 5.10 Å². The van der Waals surface area contributed by atoms with Gasteiger partial charge in [-0.05, 0) is 19.4 Å². The van der Waals surface area contributed by atoms with Crippen molar-refractivity contribution in [1.29, 1.82) is 0 Å². The number of carbonyl (C=O) groups is 1. The lowest BCUT2D eigenvalue weighted by Crippen LogP contribution is -2.31. The highest BCUT2D eigenvalue weighted by molar-refractivity contribution is 5.78. The van der Waals surface area contributed by atoms with Crippen molar-refractivity contribution >= 4 is 5.91 Å². The van der Waals surface area contributed by atoms with E-state index in [1.807, 2.05) is 4.68 Å². The van der Waals surface area contributed by atoms with Crippen molar-refractivity contribution < 1.29 is 4.79 Å². The normalized spacial score (nSPS) is 19.6. The van der Waals surface area contributed by atoms with E-state index in [0.717, 1.165) is 31.7 Å². The second-order valence-electron chi connectivity index (χ2n) is 4.38. The third kappa shape index (κ3) is 2.85. The number of aryl methyl sites for hydroxylation is 2. The summed E-state index contributed by atoms with van der Waals surface area (Å²) in [5, 5.41) is 10.7. The van der Waals surface area contributed by atoms with Crippen molar-refractivity contribution in [3.05, 3.63) is 17.5 Å². The molecule has 2 N–H and O–H groups in total. The first-order valence-corrected chi connectivity index (χ1v) is 6.28. The molecule has 0 radical (unpaired) electrons. The molecule has 0 aromatic carbocycles. The van der Waals surface area contributed by atoms with Crippen LogP contribution in [-0.4, -0.2) is 28.3 Å². The molecule has 94 valence electrons. The van der Waals surface area contributed by atoms with Gasteiger partial charge in [-0.1, -0.05) is 6.92 Å². The van der Waals surface area contributed by atoms with Crippen molar-refractivity contribution in [3.63, 3.8) is 0 Å². The maximum Gasteiger partial charge on any atom is 0.221 e. The summed E-state index contributed by atoms with van der Waals surface area (Å²) >= 11 is 0. The first-order valence-electron chi connectivity index (χ1n) is 6.28. The van der Waals surface area contributed by atoms with E-state index >= 15 is 0 Å². The molecule has 1 fully saturated rings. The van der Waals surface area contributed by atoms with E-state index in [9.17, 15) is 4.79 Å². The van der Waals surface area contributed by atoms with Crippen LogP contribution in [0.2, 0.25) is 0 Å². The molecular formula is C12H20N4O. The maximum atomic E-state index is 11.1. The minimum absolute atomic E-state index is 0.140. The van der Waals surface area contributed by atoms with Gasteiger partial charge >= 0.3 is 0 Å². The van der Waals surface area contributed by atoms with Gasteiger partial charge in [0.25, 0.3) is 0 Å². The fourth-order valence-corrected chi connectivity index (χ4v) is 2.10. The summed E-state index contributed by atoms with van der Waals surface area (Å²) < 4.78 is 2.02. The van der Waals surface area contributed by atoms with Crippen LogP contribution >= 0.6 is 0 Å². The van der Waals surface area contributed by atoms with E-state index in [1.165, 1.54) is 5.69 Å². The number of nitrogens with one attached hydrogen (secondary N) is 2. The number of hydrogen-bond donors (Lipinski definition) is 2. The molecule has 1 aliphatic rings. The Kier molecular flexibility index (Phi) is 3.78. The molecule has 5 heteroatoms. The van der Waals surface area contributed by atoms with Crippen LogP contribution in [0.3, 0.4) is 0 Å². The lowest BCUT2D eigenvalue weighted by molar-refractivity contribution is -0.119. The molecule has 0 aliphatic carbocycles. The number of amides is 1. The molecule has 5 nitrogen and oxygen atoms in total. The summed E-state index contributed by atoms with van der Waals surface area (Å²) in [6.45, 7) is 6.61. The molecule has 1 aromatic rings. The van der Waals surface area contributed by atoms with Crippen molar-refractivity contribution in [2.75, 3.05) is 6.54 Å². The highest BCUT2D eigenvalue weighted by atomic mass is 16.1. The van der Waals surface area contributed by atoms with Gasteiger partial charge in [0.05, 0.1) is 11.4 Å². The molecule has 1 saturated heterocycles. The summed E-state index contributed by atoms with van der Waals surface area (Å²) in [4.78, 5) is 11.1. The third-order valence-corrected chi connectivity index (χ3v) is 3.12. The van der Waals surface area contributed by atoms with Gasteiger partial charge in [0.2, 0.25) is 5.91 Å². The van der Waals surface area contributed by atoms with Crippen LogP contribution in [0, 0.1) is 0 Å². The predicted octanol–water partition coefficient (Wildman–Crippen LogP) is 0.443. The SMILES string of the molecule is CCc1cc(CNC2CNC(=O)C2)n(CC)n1. The maximum absolute atomic E-state index is 11.1. The lowest BCUT2D eigenvalue weighted by Gasteiger charge is -2.10. The van der Waals surface area contributed by atoms with Gasteiger partial charge in [0, 0.05) is 32.1 Å². The molecular weight excluding hydrogens is 216 g/mol. The summed E-state index contributed by atoms with van der Waals surface area (Å²) in [7, 11) is 0. The zero-order valence-corrected chi connectivity index (χ0v) is 10.5. The second-order valence-corrected chi connectivity index (χ2v) is 4.38. The number of carbonyl (C=O) groups excluding carboxylic acids is 1. The van der Waals surface area contributed by atoms with Gasteiger partial charge in [0.1, 0.15) is 0 Å². The highest BCUT2D eigenvalue weighted by Gasteiger charge is 2.20. The second kappa shape index (κ2) is 5.31. The molecule has 1 aromatic heterocycles. The zero-order valence-electron chi connectivity index (χ0n) is 10.5. The zero-order chi connectivity index (χ0) is 12.3. The minimum Gasteiger partial charge on any atom is -0.354 e. The van der Waals surface area contributed by atoms with Crippen molar-refractivity contribution in [2.45, 2.75) is 45.8 Å². The van der Waals surface area contributed by atoms with Gasteiger partial charge < -0.3 is 10.6 Å². The molecule has 1 aliphatic heterocycles. The molecule has 0 saturated carbocycles. The number of hydrogen-bond acceptors (Lipinski definition) is 3. The van der Waals surface area contributed by atoms with Crippen LogP contribution in [0.1, 0.15) is 31.7 Å². The monoisotopic (exact) mass is 236 g/mol. The molecule has 2 rings (SSSR count). The molecule has 0 spiro atoms. The van der Waals surface area contributed by atoms with E-state index in [1.54, 1.807) is 0 Å². The summed E-state index contributed by atoms with van der Waals surface area (Å²) in [5.74, 6) is 0.140. The molecule has 17 heavy (non-hydrogen) atoms. The number of rotatable bonds is 5. The Hall–Kier alpha value is -1.36. The number of nitrogens with zero attached hydrogens (tertiary/aromatic N) is 2. The van der Waals surface area contributed by atoms with Gasteiger partial charge in [-0.3, -0.25) is 9.48 Å². The summed E-state index contributed by atoms with van der Waals surface area (Å²) in [6.07, 6.45) is 1.55. The molecule has 1 amide bonds. The standard InChI is InChI=1S/C12H20N4O/c1-3-9-5-11(16(4-2)15-9)8-13-10-6-12(17)14-7-10/h5,10,13H,3-4,6-8H2,1-2H3,(H,14,17). The average Bonchev–Trinajstić information content (AvgIpc) is 2.92. The van der Waals surface area contributed by atoms with Crippen molar-refractivity contribution in [1.82, 2.24) is 20.4 Å². The quantitative estimate of drug-likeness (QED) is 0.780. The van der Waals surface area contributed by atoms with E-state index in [-0.39, 0.29) is 11.9 Å². The predicted molar refractivity (Wildman–Crippen MR) is 65.5 cm³/mol. The van der Waals surface area contributed by atoms with Crippen LogP contribution in [0.4, 0.5) is 0 Å². The molecule has 2 heterocycles. The van der Waals surface area contributed by atoms with Crippen molar-refractivity contribution in [3.8, 4) is 0 Å². The largest absolute Gasteiger partial charge is 0.354 e. The summed E-state index contributed by atoms with van der Waals surface area (Å²) in [5.41, 5.74) is 2.33. The van der Waals surface area contributed by atoms with Gasteiger partial charge in [-0.25, -0.2) is 0 Å². The Balaban J connectivity index is 1.93. The minimum atomic E-state index is 0.140. The van der Waals surface area contributed by atoms with E-state index < -0.39 is 0 Å². The Bertz CT molecular complexity index is 399. The average molecular weight is 236 g/mol. The Morgan fingerprint density at radius 3 is 3.00 bits per heavy atom. The van der Waals surface area contributed by atoms with Gasteiger partial charge in [-0.15, -0.1) is 0 Å². The number of aromatic nitrogens is 2. The Morgan fingerprint density at radius 1 is 1.59 bits per heavy atom. The van der Waals surface area contributed by atoms with E-state index in [4.69, 9.17) is 0 Å². The van der Waals surface area contributed by atoms with Crippen LogP contribution in [0.15, 0.2) is 6.07 Å². The summed E-state index contributed by atoms with van der Waals surface area (Å²) in [6, 6.07) is 2.40. The molecule has 1 atom stereocenters. The smallest absolute Gasteiger partial charge is 0.221 e. The van der Waals surface area contributed by atoms with E-state index in [0.29, 0.717) is 6.42 Å². The van der Waals surface area contributed by atoms with E-state index in [2.05, 4.69) is 35.6 Å². The van der Waals surface area contributed by atoms with Crippen LogP contribution in [0.25, 0.3) is 0 Å². The Labute approximate surface area is 102 Å². The van der Waals surface area contributed by atoms with Crippen LogP contribution < -0.4 is 10.6 Å². The lowest BCUT2D eigenvalue weighted by atomic mass is 10.2. The third-order valence-electron chi connectivity index (χ3n) is 3.12. The molecule has 1 unspecified atom stereocenters. The fourth-order valence-electron chi connectivity index (χ4n) is 2.10. The first-order chi connectivity index (χ1) is 8.22. The molecule has 0 bridgehead atoms. The Morgan fingerprint density at radius 2 is 2.41 bits per heavy atom. The van der Waals surface area contributed by atoms with Gasteiger partial charge in [0.15, 0.2) is 0 Å². The topological polar surface area (TPSA) is 58.9 Å².